The summed E-state index contributed by atoms with van der Waals surface area (Å²) in [4.78, 5) is 17.9. The summed E-state index contributed by atoms with van der Waals surface area (Å²) in [6.45, 7) is 9.87. The number of nitrogens with one attached hydrogen (secondary N) is 2. The molecular weight excluding hydrogens is 404 g/mol. The van der Waals surface area contributed by atoms with Crippen molar-refractivity contribution >= 4 is 10.9 Å². The Morgan fingerprint density at radius 2 is 2.03 bits per heavy atom. The second kappa shape index (κ2) is 8.75. The summed E-state index contributed by atoms with van der Waals surface area (Å²) >= 11 is 0. The first kappa shape index (κ1) is 21.3. The van der Waals surface area contributed by atoms with Crippen LogP contribution >= 0.6 is 0 Å². The molecule has 8 heteroatoms. The highest BCUT2D eigenvalue weighted by atomic mass is 16.5. The zero-order valence-electron chi connectivity index (χ0n) is 19.2. The number of benzene rings is 1. The first-order valence-electron chi connectivity index (χ1n) is 11.9. The highest BCUT2D eigenvalue weighted by Gasteiger charge is 2.36. The van der Waals surface area contributed by atoms with E-state index in [2.05, 4.69) is 52.6 Å². The van der Waals surface area contributed by atoms with Crippen LogP contribution in [0.4, 0.5) is 0 Å². The lowest BCUT2D eigenvalue weighted by molar-refractivity contribution is -0.932. The standard InChI is InChI=1S/C24H32N6O2/c1-15-6-8-29(9-7-15)22(23-26-27-28-30(23)14-19-5-4-10-32-19)20-13-18-12-16(2)11-17(3)21(18)25-24(20)31/h11-13,15,19,22H,4-10,14H2,1-3H3,(H,25,31)/p+1/t19-,22-/m1/s1. The van der Waals surface area contributed by atoms with Gasteiger partial charge in [-0.3, -0.25) is 4.79 Å². The second-order valence-corrected chi connectivity index (χ2v) is 9.73. The first-order chi connectivity index (χ1) is 15.5. The summed E-state index contributed by atoms with van der Waals surface area (Å²) in [7, 11) is 0. The summed E-state index contributed by atoms with van der Waals surface area (Å²) in [5.74, 6) is 1.47. The molecule has 3 aromatic rings. The Balaban J connectivity index is 1.61. The molecule has 0 amide bonds. The number of fused-ring (bicyclic) bond motifs is 1. The van der Waals surface area contributed by atoms with E-state index in [1.165, 1.54) is 10.5 Å². The van der Waals surface area contributed by atoms with Crippen LogP contribution in [0.1, 0.15) is 61.2 Å². The molecule has 0 radical (unpaired) electrons. The fraction of sp³-hybridized carbons (Fsp3) is 0.583. The molecule has 2 saturated heterocycles. The number of tetrazole rings is 1. The van der Waals surface area contributed by atoms with Gasteiger partial charge in [0.05, 0.1) is 36.8 Å². The molecule has 0 saturated carbocycles. The molecule has 1 aromatic carbocycles. The first-order valence-corrected chi connectivity index (χ1v) is 11.9. The van der Waals surface area contributed by atoms with Crippen molar-refractivity contribution in [2.24, 2.45) is 5.92 Å². The maximum atomic E-state index is 13.4. The van der Waals surface area contributed by atoms with Gasteiger partial charge in [-0.05, 0) is 79.0 Å². The molecule has 2 N–H and O–H groups in total. The maximum Gasteiger partial charge on any atom is 0.258 e. The molecule has 0 unspecified atom stereocenters. The minimum atomic E-state index is -0.201. The van der Waals surface area contributed by atoms with Gasteiger partial charge in [0.2, 0.25) is 5.82 Å². The van der Waals surface area contributed by atoms with Crippen molar-refractivity contribution in [3.63, 3.8) is 0 Å². The molecule has 0 spiro atoms. The Labute approximate surface area is 188 Å². The lowest BCUT2D eigenvalue weighted by Crippen LogP contribution is -3.13. The molecular formula is C24H33N6O2+. The fourth-order valence-electron chi connectivity index (χ4n) is 5.41. The van der Waals surface area contributed by atoms with E-state index < -0.39 is 0 Å². The zero-order chi connectivity index (χ0) is 22.2. The topological polar surface area (TPSA) is 90.1 Å². The Morgan fingerprint density at radius 3 is 2.78 bits per heavy atom. The Kier molecular flexibility index (Phi) is 5.82. The Bertz CT molecular complexity index is 1150. The molecule has 4 heterocycles. The van der Waals surface area contributed by atoms with Gasteiger partial charge in [0.15, 0.2) is 6.04 Å². The van der Waals surface area contributed by atoms with Gasteiger partial charge >= 0.3 is 0 Å². The summed E-state index contributed by atoms with van der Waals surface area (Å²) in [6.07, 6.45) is 4.51. The largest absolute Gasteiger partial charge is 0.376 e. The van der Waals surface area contributed by atoms with E-state index >= 15 is 0 Å². The van der Waals surface area contributed by atoms with Crippen molar-refractivity contribution in [3.8, 4) is 0 Å². The third-order valence-electron chi connectivity index (χ3n) is 7.18. The van der Waals surface area contributed by atoms with Gasteiger partial charge in [-0.25, -0.2) is 4.68 Å². The van der Waals surface area contributed by atoms with Crippen LogP contribution in [0.3, 0.4) is 0 Å². The van der Waals surface area contributed by atoms with Crippen molar-refractivity contribution in [1.29, 1.82) is 0 Å². The van der Waals surface area contributed by atoms with Crippen LogP contribution in [0.25, 0.3) is 10.9 Å². The predicted molar refractivity (Wildman–Crippen MR) is 122 cm³/mol. The van der Waals surface area contributed by atoms with Crippen molar-refractivity contribution < 1.29 is 9.64 Å². The van der Waals surface area contributed by atoms with Gasteiger partial charge in [0.25, 0.3) is 5.56 Å². The van der Waals surface area contributed by atoms with Gasteiger partial charge in [-0.15, -0.1) is 5.10 Å². The van der Waals surface area contributed by atoms with E-state index in [4.69, 9.17) is 4.74 Å². The number of quaternary nitrogens is 1. The molecule has 0 aliphatic carbocycles. The predicted octanol–water partition coefficient (Wildman–Crippen LogP) is 1.71. The lowest BCUT2D eigenvalue weighted by Gasteiger charge is -2.33. The van der Waals surface area contributed by atoms with E-state index in [1.807, 2.05) is 11.6 Å². The summed E-state index contributed by atoms with van der Waals surface area (Å²) in [6, 6.07) is 6.11. The molecule has 0 bridgehead atoms. The molecule has 8 nitrogen and oxygen atoms in total. The quantitative estimate of drug-likeness (QED) is 0.634. The normalized spacial score (nSPS) is 24.8. The van der Waals surface area contributed by atoms with Gasteiger partial charge in [-0.1, -0.05) is 18.6 Å². The maximum absolute atomic E-state index is 13.4. The number of ether oxygens (including phenoxy) is 1. The number of hydrogen-bond acceptors (Lipinski definition) is 5. The molecule has 2 aliphatic rings. The van der Waals surface area contributed by atoms with Crippen molar-refractivity contribution in [3.05, 3.63) is 51.1 Å². The number of aromatic nitrogens is 5. The van der Waals surface area contributed by atoms with Crippen LogP contribution < -0.4 is 10.5 Å². The number of hydrogen-bond donors (Lipinski definition) is 2. The van der Waals surface area contributed by atoms with Gasteiger partial charge in [0.1, 0.15) is 0 Å². The summed E-state index contributed by atoms with van der Waals surface area (Å²) in [5, 5.41) is 13.8. The Morgan fingerprint density at radius 1 is 1.22 bits per heavy atom. The third kappa shape index (κ3) is 4.09. The van der Waals surface area contributed by atoms with Crippen LogP contribution in [0.15, 0.2) is 23.0 Å². The molecule has 2 atom stereocenters. The van der Waals surface area contributed by atoms with Crippen LogP contribution in [-0.4, -0.2) is 51.0 Å². The van der Waals surface area contributed by atoms with E-state index in [9.17, 15) is 4.79 Å². The number of likely N-dealkylation sites (tertiary alicyclic amines) is 1. The fourth-order valence-corrected chi connectivity index (χ4v) is 5.41. The van der Waals surface area contributed by atoms with E-state index in [0.29, 0.717) is 12.5 Å². The van der Waals surface area contributed by atoms with Crippen LogP contribution in [-0.2, 0) is 11.3 Å². The van der Waals surface area contributed by atoms with E-state index in [0.717, 1.165) is 73.2 Å². The molecule has 2 aromatic heterocycles. The van der Waals surface area contributed by atoms with Gasteiger partial charge in [-0.2, -0.15) is 0 Å². The SMILES string of the molecule is Cc1cc(C)c2[nH]c(=O)c([C@H](c3nnnn3C[C@H]3CCCO3)[NH+]3CCC(C)CC3)cc2c1. The lowest BCUT2D eigenvalue weighted by atomic mass is 9.95. The van der Waals surface area contributed by atoms with E-state index in [1.54, 1.807) is 0 Å². The van der Waals surface area contributed by atoms with Crippen molar-refractivity contribution in [1.82, 2.24) is 25.2 Å². The minimum Gasteiger partial charge on any atom is -0.376 e. The number of aromatic amines is 1. The van der Waals surface area contributed by atoms with Crippen LogP contribution in [0.2, 0.25) is 0 Å². The summed E-state index contributed by atoms with van der Waals surface area (Å²) < 4.78 is 7.71. The highest BCUT2D eigenvalue weighted by Crippen LogP contribution is 2.23. The van der Waals surface area contributed by atoms with E-state index in [-0.39, 0.29) is 17.7 Å². The van der Waals surface area contributed by atoms with Crippen molar-refractivity contribution in [2.45, 2.75) is 65.1 Å². The smallest absolute Gasteiger partial charge is 0.258 e. The second-order valence-electron chi connectivity index (χ2n) is 9.73. The average molecular weight is 438 g/mol. The third-order valence-corrected chi connectivity index (χ3v) is 7.18. The molecule has 5 rings (SSSR count). The highest BCUT2D eigenvalue weighted by molar-refractivity contribution is 5.83. The Hall–Kier alpha value is -2.58. The van der Waals surface area contributed by atoms with Gasteiger partial charge < -0.3 is 14.6 Å². The zero-order valence-corrected chi connectivity index (χ0v) is 19.2. The number of H-pyrrole nitrogens is 1. The van der Waals surface area contributed by atoms with Crippen molar-refractivity contribution in [2.75, 3.05) is 19.7 Å². The molecule has 170 valence electrons. The monoisotopic (exact) mass is 437 g/mol. The molecule has 2 aliphatic heterocycles. The number of nitrogens with zero attached hydrogens (tertiary/aromatic N) is 4. The summed E-state index contributed by atoms with van der Waals surface area (Å²) in [5.41, 5.74) is 3.88. The van der Waals surface area contributed by atoms with Crippen LogP contribution in [0.5, 0.6) is 0 Å². The molecule has 2 fully saturated rings. The minimum absolute atomic E-state index is 0.0489. The van der Waals surface area contributed by atoms with Gasteiger partial charge in [0, 0.05) is 6.61 Å². The van der Waals surface area contributed by atoms with Crippen LogP contribution in [0, 0.1) is 19.8 Å². The number of pyridine rings is 1. The number of aryl methyl sites for hydroxylation is 2. The average Bonchev–Trinajstić information content (AvgIpc) is 3.44. The number of rotatable bonds is 5. The molecule has 32 heavy (non-hydrogen) atoms. The number of piperidine rings is 1.